The molecule has 2 rings (SSSR count). The third kappa shape index (κ3) is 4.48. The summed E-state index contributed by atoms with van der Waals surface area (Å²) in [6.45, 7) is 2.52. The van der Waals surface area contributed by atoms with Gasteiger partial charge in [-0.15, -0.1) is 0 Å². The Kier molecular flexibility index (Phi) is 6.11. The highest BCUT2D eigenvalue weighted by molar-refractivity contribution is 6.42. The molecular weight excluding hydrogens is 315 g/mol. The van der Waals surface area contributed by atoms with Crippen LogP contribution in [0.1, 0.15) is 11.7 Å². The summed E-state index contributed by atoms with van der Waals surface area (Å²) in [7, 11) is 1.60. The number of carbonyl (C=O) groups is 1. The fourth-order valence-electron chi connectivity index (χ4n) is 2.12. The van der Waals surface area contributed by atoms with Crippen molar-refractivity contribution in [3.8, 4) is 0 Å². The van der Waals surface area contributed by atoms with Crippen LogP contribution >= 0.6 is 23.2 Å². The number of methoxy groups -OCH3 is 1. The molecule has 1 aliphatic heterocycles. The van der Waals surface area contributed by atoms with Gasteiger partial charge in [-0.1, -0.05) is 29.3 Å². The molecule has 5 nitrogen and oxygen atoms in total. The predicted octanol–water partition coefficient (Wildman–Crippen LogP) is 2.72. The second-order valence-electron chi connectivity index (χ2n) is 4.70. The first-order chi connectivity index (χ1) is 10.1. The van der Waals surface area contributed by atoms with E-state index in [1.54, 1.807) is 24.1 Å². The number of morpholine rings is 1. The van der Waals surface area contributed by atoms with Crippen LogP contribution in [0, 0.1) is 0 Å². The van der Waals surface area contributed by atoms with E-state index in [1.165, 1.54) is 0 Å². The monoisotopic (exact) mass is 332 g/mol. The Morgan fingerprint density at radius 2 is 2.29 bits per heavy atom. The van der Waals surface area contributed by atoms with Gasteiger partial charge in [0, 0.05) is 20.2 Å². The van der Waals surface area contributed by atoms with Gasteiger partial charge >= 0.3 is 6.03 Å². The van der Waals surface area contributed by atoms with E-state index in [1.807, 2.05) is 6.07 Å². The van der Waals surface area contributed by atoms with Gasteiger partial charge in [0.15, 0.2) is 0 Å². The van der Waals surface area contributed by atoms with E-state index in [0.717, 1.165) is 5.56 Å². The Morgan fingerprint density at radius 1 is 1.48 bits per heavy atom. The van der Waals surface area contributed by atoms with Crippen LogP contribution in [0.2, 0.25) is 10.0 Å². The Morgan fingerprint density at radius 3 is 3.00 bits per heavy atom. The molecule has 0 aromatic heterocycles. The van der Waals surface area contributed by atoms with Gasteiger partial charge in [-0.3, -0.25) is 0 Å². The Balaban J connectivity index is 1.96. The minimum atomic E-state index is -0.193. The zero-order chi connectivity index (χ0) is 15.2. The summed E-state index contributed by atoms with van der Waals surface area (Å²) in [6, 6.07) is 5.27. The van der Waals surface area contributed by atoms with Gasteiger partial charge in [0.25, 0.3) is 0 Å². The number of hydrogen-bond donors (Lipinski definition) is 1. The molecule has 21 heavy (non-hydrogen) atoms. The normalized spacial score (nSPS) is 18.6. The van der Waals surface area contributed by atoms with E-state index in [-0.39, 0.29) is 12.1 Å². The summed E-state index contributed by atoms with van der Waals surface area (Å²) in [5.74, 6) is 0. The summed E-state index contributed by atoms with van der Waals surface area (Å²) in [5, 5.41) is 3.80. The summed E-state index contributed by atoms with van der Waals surface area (Å²) >= 11 is 11.9. The van der Waals surface area contributed by atoms with Gasteiger partial charge < -0.3 is 19.7 Å². The highest BCUT2D eigenvalue weighted by Gasteiger charge is 2.25. The first kappa shape index (κ1) is 16.4. The SMILES string of the molecule is COCCNC(=O)N1CCOC(c2ccc(Cl)c(Cl)c2)C1. The van der Waals surface area contributed by atoms with Gasteiger partial charge in [-0.05, 0) is 17.7 Å². The largest absolute Gasteiger partial charge is 0.383 e. The van der Waals surface area contributed by atoms with Gasteiger partial charge in [0.2, 0.25) is 0 Å². The highest BCUT2D eigenvalue weighted by Crippen LogP contribution is 2.28. The number of urea groups is 1. The highest BCUT2D eigenvalue weighted by atomic mass is 35.5. The maximum atomic E-state index is 12.0. The molecule has 2 amide bonds. The molecule has 1 unspecified atom stereocenters. The molecule has 1 aromatic carbocycles. The number of carbonyl (C=O) groups excluding carboxylic acids is 1. The molecule has 7 heteroatoms. The van der Waals surface area contributed by atoms with Gasteiger partial charge in [0.1, 0.15) is 6.10 Å². The molecule has 1 N–H and O–H groups in total. The number of rotatable bonds is 4. The summed E-state index contributed by atoms with van der Waals surface area (Å²) in [5.41, 5.74) is 0.916. The minimum absolute atomic E-state index is 0.111. The molecule has 0 radical (unpaired) electrons. The van der Waals surface area contributed by atoms with Crippen molar-refractivity contribution >= 4 is 29.2 Å². The van der Waals surface area contributed by atoms with E-state index in [0.29, 0.717) is 42.9 Å². The average molecular weight is 333 g/mol. The number of hydrogen-bond acceptors (Lipinski definition) is 3. The topological polar surface area (TPSA) is 50.8 Å². The Hall–Kier alpha value is -1.01. The van der Waals surface area contributed by atoms with Crippen LogP contribution in [0.5, 0.6) is 0 Å². The maximum Gasteiger partial charge on any atom is 0.317 e. The molecule has 0 spiro atoms. The fourth-order valence-corrected chi connectivity index (χ4v) is 2.43. The van der Waals surface area contributed by atoms with Gasteiger partial charge in [-0.2, -0.15) is 0 Å². The number of amides is 2. The first-order valence-electron chi connectivity index (χ1n) is 6.70. The maximum absolute atomic E-state index is 12.0. The van der Waals surface area contributed by atoms with Crippen molar-refractivity contribution in [3.63, 3.8) is 0 Å². The molecule has 1 heterocycles. The van der Waals surface area contributed by atoms with E-state index >= 15 is 0 Å². The lowest BCUT2D eigenvalue weighted by Crippen LogP contribution is -2.47. The third-order valence-electron chi connectivity index (χ3n) is 3.25. The smallest absolute Gasteiger partial charge is 0.317 e. The molecule has 116 valence electrons. The summed E-state index contributed by atoms with van der Waals surface area (Å²) in [4.78, 5) is 13.8. The second-order valence-corrected chi connectivity index (χ2v) is 5.52. The van der Waals surface area contributed by atoms with Crippen molar-refractivity contribution in [1.29, 1.82) is 0 Å². The lowest BCUT2D eigenvalue weighted by molar-refractivity contribution is -0.0155. The Labute approximate surface area is 134 Å². The van der Waals surface area contributed by atoms with Crippen LogP contribution in [0.25, 0.3) is 0 Å². The molecule has 1 aromatic rings. The number of nitrogens with zero attached hydrogens (tertiary/aromatic N) is 1. The Bertz CT molecular complexity index is 499. The fraction of sp³-hybridized carbons (Fsp3) is 0.500. The van der Waals surface area contributed by atoms with E-state index in [2.05, 4.69) is 5.32 Å². The van der Waals surface area contributed by atoms with Crippen molar-refractivity contribution in [2.24, 2.45) is 0 Å². The summed E-state index contributed by atoms with van der Waals surface area (Å²) < 4.78 is 10.6. The molecular formula is C14H18Cl2N2O3. The van der Waals surface area contributed by atoms with Crippen molar-refractivity contribution < 1.29 is 14.3 Å². The van der Waals surface area contributed by atoms with Crippen molar-refractivity contribution in [2.45, 2.75) is 6.10 Å². The lowest BCUT2D eigenvalue weighted by atomic mass is 10.1. The zero-order valence-corrected chi connectivity index (χ0v) is 13.3. The van der Waals surface area contributed by atoms with Crippen molar-refractivity contribution in [2.75, 3.05) is 40.0 Å². The van der Waals surface area contributed by atoms with Crippen LogP contribution in [0.3, 0.4) is 0 Å². The van der Waals surface area contributed by atoms with Crippen molar-refractivity contribution in [1.82, 2.24) is 10.2 Å². The van der Waals surface area contributed by atoms with Crippen LogP contribution in [0.4, 0.5) is 4.79 Å². The molecule has 1 aliphatic rings. The third-order valence-corrected chi connectivity index (χ3v) is 3.99. The molecule has 1 saturated heterocycles. The van der Waals surface area contributed by atoms with Gasteiger partial charge in [0.05, 0.1) is 29.8 Å². The number of nitrogens with one attached hydrogen (secondary N) is 1. The zero-order valence-electron chi connectivity index (χ0n) is 11.8. The quantitative estimate of drug-likeness (QED) is 0.862. The lowest BCUT2D eigenvalue weighted by Gasteiger charge is -2.33. The number of ether oxygens (including phenoxy) is 2. The number of benzene rings is 1. The minimum Gasteiger partial charge on any atom is -0.383 e. The van der Waals surface area contributed by atoms with Crippen LogP contribution < -0.4 is 5.32 Å². The molecule has 0 bridgehead atoms. The standard InChI is InChI=1S/C14H18Cl2N2O3/c1-20-6-4-17-14(19)18-5-7-21-13(9-18)10-2-3-11(15)12(16)8-10/h2-3,8,13H,4-7,9H2,1H3,(H,17,19). The van der Waals surface area contributed by atoms with Crippen LogP contribution in [-0.4, -0.2) is 50.9 Å². The van der Waals surface area contributed by atoms with E-state index in [4.69, 9.17) is 32.7 Å². The van der Waals surface area contributed by atoms with Crippen molar-refractivity contribution in [3.05, 3.63) is 33.8 Å². The van der Waals surface area contributed by atoms with Crippen LogP contribution in [-0.2, 0) is 9.47 Å². The number of halogens is 2. The molecule has 0 saturated carbocycles. The van der Waals surface area contributed by atoms with E-state index < -0.39 is 0 Å². The van der Waals surface area contributed by atoms with E-state index in [9.17, 15) is 4.79 Å². The van der Waals surface area contributed by atoms with Gasteiger partial charge in [-0.25, -0.2) is 4.79 Å². The second kappa shape index (κ2) is 7.84. The van der Waals surface area contributed by atoms with Crippen LogP contribution in [0.15, 0.2) is 18.2 Å². The molecule has 1 fully saturated rings. The average Bonchev–Trinajstić information content (AvgIpc) is 2.50. The summed E-state index contributed by atoms with van der Waals surface area (Å²) in [6.07, 6.45) is -0.193. The molecule has 1 atom stereocenters. The first-order valence-corrected chi connectivity index (χ1v) is 7.45. The predicted molar refractivity (Wildman–Crippen MR) is 82.0 cm³/mol. The molecule has 0 aliphatic carbocycles.